The molecule has 0 spiro atoms. The Morgan fingerprint density at radius 3 is 1.69 bits per heavy atom. The Kier molecular flexibility index (Phi) is 4.29. The van der Waals surface area contributed by atoms with E-state index < -0.39 is 0 Å². The van der Waals surface area contributed by atoms with E-state index in [4.69, 9.17) is 0 Å². The predicted molar refractivity (Wildman–Crippen MR) is 150 cm³/mol. The molecule has 0 heteroatoms. The van der Waals surface area contributed by atoms with Crippen LogP contribution >= 0.6 is 0 Å². The summed E-state index contributed by atoms with van der Waals surface area (Å²) in [5, 5.41) is 5.16. The molecule has 35 heavy (non-hydrogen) atoms. The molecule has 0 saturated heterocycles. The number of benzene rings is 6. The highest BCUT2D eigenvalue weighted by Gasteiger charge is 2.35. The Labute approximate surface area is 206 Å². The van der Waals surface area contributed by atoms with Crippen LogP contribution in [0.15, 0.2) is 121 Å². The highest BCUT2D eigenvalue weighted by molar-refractivity contribution is 6.09. The molecule has 0 aliphatic heterocycles. The molecule has 0 radical (unpaired) electrons. The first-order chi connectivity index (χ1) is 17.1. The van der Waals surface area contributed by atoms with E-state index in [0.717, 1.165) is 0 Å². The van der Waals surface area contributed by atoms with Gasteiger partial charge in [-0.25, -0.2) is 0 Å². The first-order valence-corrected chi connectivity index (χ1v) is 12.4. The van der Waals surface area contributed by atoms with Gasteiger partial charge < -0.3 is 0 Å². The monoisotopic (exact) mass is 446 g/mol. The van der Waals surface area contributed by atoms with E-state index in [1.54, 1.807) is 0 Å². The fraction of sp³-hybridized carbons (Fsp3) is 0.0857. The van der Waals surface area contributed by atoms with Gasteiger partial charge in [-0.05, 0) is 84.3 Å². The van der Waals surface area contributed by atoms with E-state index in [0.29, 0.717) is 0 Å². The maximum absolute atomic E-state index is 2.43. The summed E-state index contributed by atoms with van der Waals surface area (Å²) in [5.41, 5.74) is 10.7. The van der Waals surface area contributed by atoms with Crippen molar-refractivity contribution in [3.8, 4) is 33.4 Å². The van der Waals surface area contributed by atoms with Crippen LogP contribution in [0.25, 0.3) is 54.9 Å². The van der Waals surface area contributed by atoms with Crippen molar-refractivity contribution < 1.29 is 0 Å². The summed E-state index contributed by atoms with van der Waals surface area (Å²) in [6.07, 6.45) is 0. The maximum atomic E-state index is 2.43. The molecule has 0 nitrogen and oxygen atoms in total. The van der Waals surface area contributed by atoms with Gasteiger partial charge in [0.1, 0.15) is 0 Å². The van der Waals surface area contributed by atoms with Gasteiger partial charge in [0.2, 0.25) is 0 Å². The van der Waals surface area contributed by atoms with E-state index in [1.165, 1.54) is 66.1 Å². The molecule has 7 rings (SSSR count). The number of rotatable bonds is 2. The third kappa shape index (κ3) is 3.00. The van der Waals surface area contributed by atoms with Crippen molar-refractivity contribution >= 4 is 21.5 Å². The van der Waals surface area contributed by atoms with E-state index >= 15 is 0 Å². The molecular formula is C35H26. The second-order valence-corrected chi connectivity index (χ2v) is 10.2. The average Bonchev–Trinajstić information content (AvgIpc) is 3.13. The van der Waals surface area contributed by atoms with Gasteiger partial charge in [0.05, 0.1) is 0 Å². The lowest BCUT2D eigenvalue weighted by Crippen LogP contribution is -2.14. The van der Waals surface area contributed by atoms with Crippen LogP contribution in [-0.4, -0.2) is 0 Å². The summed E-state index contributed by atoms with van der Waals surface area (Å²) in [5.74, 6) is 0. The Balaban J connectivity index is 1.43. The zero-order valence-electron chi connectivity index (χ0n) is 20.0. The van der Waals surface area contributed by atoms with Gasteiger partial charge in [-0.2, -0.15) is 0 Å². The van der Waals surface area contributed by atoms with Crippen LogP contribution in [-0.2, 0) is 5.41 Å². The normalized spacial score (nSPS) is 13.7. The zero-order chi connectivity index (χ0) is 23.6. The van der Waals surface area contributed by atoms with Gasteiger partial charge in [0.15, 0.2) is 0 Å². The number of hydrogen-bond acceptors (Lipinski definition) is 0. The predicted octanol–water partition coefficient (Wildman–Crippen LogP) is 9.63. The van der Waals surface area contributed by atoms with Gasteiger partial charge in [-0.3, -0.25) is 0 Å². The van der Waals surface area contributed by atoms with Crippen molar-refractivity contribution in [3.05, 3.63) is 132 Å². The third-order valence-corrected chi connectivity index (χ3v) is 7.86. The largest absolute Gasteiger partial charge is 0.0622 e. The molecule has 0 fully saturated rings. The molecule has 0 N–H and O–H groups in total. The molecule has 0 bridgehead atoms. The zero-order valence-corrected chi connectivity index (χ0v) is 20.0. The van der Waals surface area contributed by atoms with Crippen molar-refractivity contribution in [1.82, 2.24) is 0 Å². The van der Waals surface area contributed by atoms with Crippen molar-refractivity contribution in [2.75, 3.05) is 0 Å². The van der Waals surface area contributed by atoms with Crippen molar-refractivity contribution in [1.29, 1.82) is 0 Å². The van der Waals surface area contributed by atoms with E-state index in [9.17, 15) is 0 Å². The lowest BCUT2D eigenvalue weighted by atomic mass is 9.81. The van der Waals surface area contributed by atoms with E-state index in [2.05, 4.69) is 135 Å². The van der Waals surface area contributed by atoms with Crippen LogP contribution in [0.3, 0.4) is 0 Å². The Morgan fingerprint density at radius 2 is 0.971 bits per heavy atom. The summed E-state index contributed by atoms with van der Waals surface area (Å²) < 4.78 is 0. The quantitative estimate of drug-likeness (QED) is 0.232. The second kappa shape index (κ2) is 7.42. The number of fused-ring (bicyclic) bond motifs is 5. The van der Waals surface area contributed by atoms with Crippen molar-refractivity contribution in [2.45, 2.75) is 19.3 Å². The lowest BCUT2D eigenvalue weighted by Gasteiger charge is -2.22. The van der Waals surface area contributed by atoms with Crippen LogP contribution in [0.1, 0.15) is 25.0 Å². The maximum Gasteiger partial charge on any atom is 0.0159 e. The fourth-order valence-electron chi connectivity index (χ4n) is 6.04. The minimum Gasteiger partial charge on any atom is -0.0622 e. The molecule has 0 atom stereocenters. The lowest BCUT2D eigenvalue weighted by molar-refractivity contribution is 0.660. The average molecular weight is 447 g/mol. The Hall–Kier alpha value is -4.16. The summed E-state index contributed by atoms with van der Waals surface area (Å²) in [6.45, 7) is 4.70. The van der Waals surface area contributed by atoms with Crippen molar-refractivity contribution in [3.63, 3.8) is 0 Å². The molecule has 0 heterocycles. The van der Waals surface area contributed by atoms with Crippen molar-refractivity contribution in [2.24, 2.45) is 0 Å². The first kappa shape index (κ1) is 20.2. The Bertz CT molecular complexity index is 1750. The minimum atomic E-state index is 0.00377. The van der Waals surface area contributed by atoms with Crippen LogP contribution in [0.5, 0.6) is 0 Å². The van der Waals surface area contributed by atoms with Crippen LogP contribution in [0.2, 0.25) is 0 Å². The third-order valence-electron chi connectivity index (χ3n) is 7.86. The molecule has 0 saturated carbocycles. The number of hydrogen-bond donors (Lipinski definition) is 0. The van der Waals surface area contributed by atoms with Gasteiger partial charge >= 0.3 is 0 Å². The Morgan fingerprint density at radius 1 is 0.400 bits per heavy atom. The topological polar surface area (TPSA) is 0 Å². The minimum absolute atomic E-state index is 0.00377. The highest BCUT2D eigenvalue weighted by Crippen LogP contribution is 2.49. The first-order valence-electron chi connectivity index (χ1n) is 12.4. The summed E-state index contributed by atoms with van der Waals surface area (Å²) in [4.78, 5) is 0. The van der Waals surface area contributed by atoms with E-state index in [1.807, 2.05) is 0 Å². The van der Waals surface area contributed by atoms with Crippen LogP contribution in [0, 0.1) is 0 Å². The highest BCUT2D eigenvalue weighted by atomic mass is 14.4. The summed E-state index contributed by atoms with van der Waals surface area (Å²) in [6, 6.07) is 44.7. The fourth-order valence-corrected chi connectivity index (χ4v) is 6.04. The van der Waals surface area contributed by atoms with Crippen LogP contribution in [0.4, 0.5) is 0 Å². The standard InChI is InChI=1S/C35H26/c1-35(2)33-17-7-6-14-29(33)30-19-18-26(22-34(30)35)28-16-9-13-25-20-31-24(21-32(25)28)12-8-15-27(31)23-10-4-3-5-11-23/h3-22H,1-2H3. The molecule has 1 aliphatic rings. The molecule has 166 valence electrons. The molecule has 0 aromatic heterocycles. The van der Waals surface area contributed by atoms with Crippen LogP contribution < -0.4 is 0 Å². The molecule has 6 aromatic carbocycles. The molecule has 0 amide bonds. The van der Waals surface area contributed by atoms with Gasteiger partial charge in [-0.1, -0.05) is 117 Å². The summed E-state index contributed by atoms with van der Waals surface area (Å²) in [7, 11) is 0. The SMILES string of the molecule is CC1(C)c2ccccc2-c2ccc(-c3cccc4cc5c(-c6ccccc6)cccc5cc34)cc21. The molecule has 0 unspecified atom stereocenters. The second-order valence-electron chi connectivity index (χ2n) is 10.2. The molecule has 1 aliphatic carbocycles. The van der Waals surface area contributed by atoms with Gasteiger partial charge in [0, 0.05) is 5.41 Å². The van der Waals surface area contributed by atoms with Gasteiger partial charge in [-0.15, -0.1) is 0 Å². The van der Waals surface area contributed by atoms with E-state index in [-0.39, 0.29) is 5.41 Å². The van der Waals surface area contributed by atoms with Gasteiger partial charge in [0.25, 0.3) is 0 Å². The smallest absolute Gasteiger partial charge is 0.0159 e. The summed E-state index contributed by atoms with van der Waals surface area (Å²) >= 11 is 0. The molecular weight excluding hydrogens is 420 g/mol. The molecule has 6 aromatic rings.